The first-order valence-electron chi connectivity index (χ1n) is 20.2. The number of ether oxygens (including phenoxy) is 8. The van der Waals surface area contributed by atoms with E-state index < -0.39 is 12.6 Å². The van der Waals surface area contributed by atoms with Gasteiger partial charge in [0.1, 0.15) is 11.5 Å². The van der Waals surface area contributed by atoms with Crippen molar-refractivity contribution in [2.24, 2.45) is 0 Å². The van der Waals surface area contributed by atoms with Crippen molar-refractivity contribution < 1.29 is 47.5 Å². The second-order valence-corrected chi connectivity index (χ2v) is 13.8. The lowest BCUT2D eigenvalue weighted by molar-refractivity contribution is -0.326. The van der Waals surface area contributed by atoms with E-state index >= 15 is 0 Å². The molecule has 1 aliphatic heterocycles. The molecule has 4 aromatic carbocycles. The summed E-state index contributed by atoms with van der Waals surface area (Å²) in [4.78, 5) is 22.1. The van der Waals surface area contributed by atoms with E-state index in [1.54, 1.807) is 0 Å². The standard InChI is InChI=1S/C48H56O10/c1-3-45(49)53-31-11-7-5-9-29-51-43-25-21-41(22-26-43)39-17-13-37(14-18-39)35-57-47-48(56-34-33-55-47)58-36-38-15-19-40(20-16-38)42-23-27-44(28-24-42)52-30-10-6-8-12-32-54-46(50)4-2/h3-4,13-28,47-48H,1-2,5-12,29-36H2/t47-,48-/m1/s1. The van der Waals surface area contributed by atoms with Gasteiger partial charge in [-0.3, -0.25) is 0 Å². The Labute approximate surface area is 342 Å². The fraction of sp³-hybridized carbons (Fsp3) is 0.375. The number of hydrogen-bond acceptors (Lipinski definition) is 10. The summed E-state index contributed by atoms with van der Waals surface area (Å²) in [6, 6.07) is 32.8. The Hall–Kier alpha value is -5.26. The van der Waals surface area contributed by atoms with Crippen molar-refractivity contribution in [2.45, 2.75) is 77.2 Å². The molecule has 1 saturated heterocycles. The molecule has 0 amide bonds. The van der Waals surface area contributed by atoms with Crippen molar-refractivity contribution in [3.8, 4) is 33.8 Å². The SMILES string of the molecule is C=CC(=O)OCCCCCCOc1ccc(-c2ccc(CO[C@H]3OCCO[C@@H]3OCc3ccc(-c4ccc(OCCCCCCOC(=O)C=C)cc4)cc3)cc2)cc1. The smallest absolute Gasteiger partial charge is 0.330 e. The highest BCUT2D eigenvalue weighted by molar-refractivity contribution is 5.81. The minimum Gasteiger partial charge on any atom is -0.494 e. The fourth-order valence-electron chi connectivity index (χ4n) is 6.13. The number of unbranched alkanes of at least 4 members (excludes halogenated alkanes) is 6. The molecule has 0 radical (unpaired) electrons. The summed E-state index contributed by atoms with van der Waals surface area (Å²) in [7, 11) is 0. The highest BCUT2D eigenvalue weighted by atomic mass is 16.8. The second-order valence-electron chi connectivity index (χ2n) is 13.8. The van der Waals surface area contributed by atoms with Crippen LogP contribution in [0.15, 0.2) is 122 Å². The van der Waals surface area contributed by atoms with Crippen LogP contribution in [0, 0.1) is 0 Å². The first-order valence-corrected chi connectivity index (χ1v) is 20.2. The van der Waals surface area contributed by atoms with E-state index in [0.29, 0.717) is 52.9 Å². The molecular weight excluding hydrogens is 737 g/mol. The molecule has 5 rings (SSSR count). The lowest BCUT2D eigenvalue weighted by atomic mass is 10.0. The predicted molar refractivity (Wildman–Crippen MR) is 223 cm³/mol. The van der Waals surface area contributed by atoms with Crippen molar-refractivity contribution in [1.82, 2.24) is 0 Å². The zero-order valence-electron chi connectivity index (χ0n) is 33.4. The van der Waals surface area contributed by atoms with Gasteiger partial charge in [-0.05, 0) is 109 Å². The van der Waals surface area contributed by atoms with Crippen LogP contribution in [0.4, 0.5) is 0 Å². The molecule has 1 fully saturated rings. The van der Waals surface area contributed by atoms with Crippen LogP contribution >= 0.6 is 0 Å². The average Bonchev–Trinajstić information content (AvgIpc) is 3.27. The summed E-state index contributed by atoms with van der Waals surface area (Å²) in [6.45, 7) is 10.5. The maximum absolute atomic E-state index is 11.1. The van der Waals surface area contributed by atoms with E-state index in [2.05, 4.69) is 86.0 Å². The van der Waals surface area contributed by atoms with Crippen LogP contribution in [-0.2, 0) is 51.2 Å². The highest BCUT2D eigenvalue weighted by Gasteiger charge is 2.28. The molecule has 0 spiro atoms. The van der Waals surface area contributed by atoms with Crippen LogP contribution in [0.5, 0.6) is 11.5 Å². The first-order chi connectivity index (χ1) is 28.5. The van der Waals surface area contributed by atoms with Gasteiger partial charge in [-0.25, -0.2) is 9.59 Å². The van der Waals surface area contributed by atoms with Crippen molar-refractivity contribution in [1.29, 1.82) is 0 Å². The molecule has 0 aromatic heterocycles. The quantitative estimate of drug-likeness (QED) is 0.0347. The Morgan fingerprint density at radius 3 is 1.16 bits per heavy atom. The van der Waals surface area contributed by atoms with Gasteiger partial charge in [0, 0.05) is 12.2 Å². The Balaban J connectivity index is 0.975. The van der Waals surface area contributed by atoms with Gasteiger partial charge in [0.15, 0.2) is 0 Å². The first kappa shape index (κ1) is 43.9. The van der Waals surface area contributed by atoms with Gasteiger partial charge in [0.2, 0.25) is 12.6 Å². The zero-order chi connectivity index (χ0) is 40.6. The minimum atomic E-state index is -0.642. The van der Waals surface area contributed by atoms with Crippen LogP contribution in [-0.4, -0.2) is 64.2 Å². The van der Waals surface area contributed by atoms with Crippen LogP contribution in [0.3, 0.4) is 0 Å². The minimum absolute atomic E-state index is 0.357. The van der Waals surface area contributed by atoms with Crippen LogP contribution in [0.25, 0.3) is 22.3 Å². The molecule has 308 valence electrons. The Kier molecular flexibility index (Phi) is 19.0. The molecule has 58 heavy (non-hydrogen) atoms. The van der Waals surface area contributed by atoms with Gasteiger partial charge in [-0.2, -0.15) is 0 Å². The normalized spacial score (nSPS) is 15.0. The number of esters is 2. The largest absolute Gasteiger partial charge is 0.494 e. The predicted octanol–water partition coefficient (Wildman–Crippen LogP) is 9.79. The Morgan fingerprint density at radius 2 is 0.810 bits per heavy atom. The maximum atomic E-state index is 11.1. The van der Waals surface area contributed by atoms with Crippen LogP contribution < -0.4 is 9.47 Å². The second kappa shape index (κ2) is 25.2. The van der Waals surface area contributed by atoms with E-state index in [0.717, 1.165) is 96.2 Å². The summed E-state index contributed by atoms with van der Waals surface area (Å²) in [5.41, 5.74) is 6.44. The number of carbonyl (C=O) groups excluding carboxylic acids is 2. The molecule has 10 nitrogen and oxygen atoms in total. The van der Waals surface area contributed by atoms with E-state index in [9.17, 15) is 9.59 Å². The molecule has 0 unspecified atom stereocenters. The monoisotopic (exact) mass is 792 g/mol. The van der Waals surface area contributed by atoms with Gasteiger partial charge in [0.25, 0.3) is 0 Å². The van der Waals surface area contributed by atoms with Gasteiger partial charge < -0.3 is 37.9 Å². The third-order valence-corrected chi connectivity index (χ3v) is 9.42. The fourth-order valence-corrected chi connectivity index (χ4v) is 6.13. The Morgan fingerprint density at radius 1 is 0.483 bits per heavy atom. The summed E-state index contributed by atoms with van der Waals surface area (Å²) in [5, 5.41) is 0. The van der Waals surface area contributed by atoms with E-state index in [4.69, 9.17) is 37.9 Å². The van der Waals surface area contributed by atoms with Crippen molar-refractivity contribution in [2.75, 3.05) is 39.6 Å². The highest BCUT2D eigenvalue weighted by Crippen LogP contribution is 2.26. The van der Waals surface area contributed by atoms with Gasteiger partial charge in [0.05, 0.1) is 52.9 Å². The lowest BCUT2D eigenvalue weighted by Crippen LogP contribution is -2.41. The molecular formula is C48H56O10. The molecule has 2 atom stereocenters. The lowest BCUT2D eigenvalue weighted by Gasteiger charge is -2.31. The number of rotatable bonds is 26. The van der Waals surface area contributed by atoms with Crippen LogP contribution in [0.1, 0.15) is 62.5 Å². The molecule has 0 saturated carbocycles. The molecule has 1 aliphatic rings. The summed E-state index contributed by atoms with van der Waals surface area (Å²) >= 11 is 0. The molecule has 10 heteroatoms. The Bertz CT molecular complexity index is 1670. The van der Waals surface area contributed by atoms with Gasteiger partial charge in [-0.15, -0.1) is 0 Å². The number of benzene rings is 4. The molecule has 4 aromatic rings. The topological polar surface area (TPSA) is 108 Å². The van der Waals surface area contributed by atoms with Crippen molar-refractivity contribution in [3.63, 3.8) is 0 Å². The van der Waals surface area contributed by atoms with Gasteiger partial charge >= 0.3 is 11.9 Å². The third-order valence-electron chi connectivity index (χ3n) is 9.42. The summed E-state index contributed by atoms with van der Waals surface area (Å²) in [5.74, 6) is 0.938. The molecule has 0 N–H and O–H groups in total. The van der Waals surface area contributed by atoms with Crippen molar-refractivity contribution in [3.05, 3.63) is 133 Å². The number of hydrogen-bond donors (Lipinski definition) is 0. The molecule has 0 aliphatic carbocycles. The third kappa shape index (κ3) is 15.6. The van der Waals surface area contributed by atoms with E-state index in [-0.39, 0.29) is 11.9 Å². The van der Waals surface area contributed by atoms with Gasteiger partial charge in [-0.1, -0.05) is 86.0 Å². The van der Waals surface area contributed by atoms with E-state index in [1.807, 2.05) is 24.3 Å². The average molecular weight is 793 g/mol. The maximum Gasteiger partial charge on any atom is 0.330 e. The zero-order valence-corrected chi connectivity index (χ0v) is 33.4. The van der Waals surface area contributed by atoms with Crippen molar-refractivity contribution >= 4 is 11.9 Å². The number of carbonyl (C=O) groups is 2. The van der Waals surface area contributed by atoms with Crippen LogP contribution in [0.2, 0.25) is 0 Å². The summed E-state index contributed by atoms with van der Waals surface area (Å²) < 4.78 is 45.9. The summed E-state index contributed by atoms with van der Waals surface area (Å²) in [6.07, 6.45) is 8.65. The molecule has 0 bridgehead atoms. The molecule has 1 heterocycles. The van der Waals surface area contributed by atoms with E-state index in [1.165, 1.54) is 12.2 Å².